The van der Waals surface area contributed by atoms with Crippen molar-refractivity contribution in [2.75, 3.05) is 6.54 Å². The van der Waals surface area contributed by atoms with E-state index >= 15 is 0 Å². The molecule has 0 saturated heterocycles. The number of hydrogen-bond acceptors (Lipinski definition) is 2. The maximum atomic E-state index is 13.9. The van der Waals surface area contributed by atoms with Crippen LogP contribution in [-0.2, 0) is 11.2 Å². The fourth-order valence-electron chi connectivity index (χ4n) is 2.74. The van der Waals surface area contributed by atoms with Crippen LogP contribution in [0.25, 0.3) is 0 Å². The predicted molar refractivity (Wildman–Crippen MR) is 76.2 cm³/mol. The van der Waals surface area contributed by atoms with Gasteiger partial charge < -0.3 is 9.64 Å². The van der Waals surface area contributed by atoms with Crippen LogP contribution in [0.15, 0.2) is 12.1 Å². The van der Waals surface area contributed by atoms with Crippen molar-refractivity contribution in [3.63, 3.8) is 0 Å². The Balaban J connectivity index is 2.30. The molecule has 0 fully saturated rings. The van der Waals surface area contributed by atoms with Crippen molar-refractivity contribution in [3.8, 4) is 0 Å². The number of hydrogen-bond donors (Lipinski definition) is 0. The van der Waals surface area contributed by atoms with Crippen molar-refractivity contribution >= 4 is 6.09 Å². The molecule has 0 spiro atoms. The predicted octanol–water partition coefficient (Wildman–Crippen LogP) is 3.99. The van der Waals surface area contributed by atoms with Crippen molar-refractivity contribution in [1.29, 1.82) is 0 Å². The van der Waals surface area contributed by atoms with E-state index < -0.39 is 5.60 Å². The molecule has 1 aliphatic heterocycles. The fraction of sp³-hybridized carbons (Fsp3) is 0.562. The van der Waals surface area contributed by atoms with Crippen LogP contribution in [0.5, 0.6) is 0 Å². The summed E-state index contributed by atoms with van der Waals surface area (Å²) in [6.07, 6.45) is 0.200. The van der Waals surface area contributed by atoms with Gasteiger partial charge in [0.2, 0.25) is 0 Å². The molecule has 0 aliphatic carbocycles. The van der Waals surface area contributed by atoms with Gasteiger partial charge in [-0.1, -0.05) is 6.07 Å². The van der Waals surface area contributed by atoms with Crippen molar-refractivity contribution in [2.45, 2.75) is 52.7 Å². The highest BCUT2D eigenvalue weighted by Crippen LogP contribution is 2.34. The molecule has 0 bridgehead atoms. The van der Waals surface area contributed by atoms with Gasteiger partial charge in [-0.25, -0.2) is 9.18 Å². The lowest BCUT2D eigenvalue weighted by Crippen LogP contribution is -2.42. The molecule has 1 atom stereocenters. The summed E-state index contributed by atoms with van der Waals surface area (Å²) in [5.74, 6) is -0.179. The first kappa shape index (κ1) is 14.8. The maximum absolute atomic E-state index is 13.9. The quantitative estimate of drug-likeness (QED) is 0.718. The molecule has 0 saturated carbocycles. The first-order chi connectivity index (χ1) is 9.20. The van der Waals surface area contributed by atoms with Gasteiger partial charge >= 0.3 is 6.09 Å². The van der Waals surface area contributed by atoms with Crippen molar-refractivity contribution < 1.29 is 13.9 Å². The number of amides is 1. The van der Waals surface area contributed by atoms with Gasteiger partial charge in [0.1, 0.15) is 11.4 Å². The highest BCUT2D eigenvalue weighted by molar-refractivity contribution is 5.69. The summed E-state index contributed by atoms with van der Waals surface area (Å²) in [6, 6.07) is 3.11. The van der Waals surface area contributed by atoms with E-state index in [9.17, 15) is 9.18 Å². The van der Waals surface area contributed by atoms with E-state index in [4.69, 9.17) is 4.74 Å². The Morgan fingerprint density at radius 1 is 1.40 bits per heavy atom. The van der Waals surface area contributed by atoms with Crippen LogP contribution in [0.4, 0.5) is 9.18 Å². The van der Waals surface area contributed by atoms with Crippen molar-refractivity contribution in [3.05, 3.63) is 34.6 Å². The third-order valence-corrected chi connectivity index (χ3v) is 3.63. The molecular formula is C16H22FNO2. The number of benzene rings is 1. The molecule has 1 aromatic carbocycles. The molecule has 0 unspecified atom stereocenters. The number of aryl methyl sites for hydroxylation is 1. The van der Waals surface area contributed by atoms with Crippen LogP contribution in [0, 0.1) is 12.7 Å². The molecule has 4 heteroatoms. The summed E-state index contributed by atoms with van der Waals surface area (Å²) >= 11 is 0. The number of fused-ring (bicyclic) bond motifs is 1. The Kier molecular flexibility index (Phi) is 3.76. The van der Waals surface area contributed by atoms with Crippen LogP contribution >= 0.6 is 0 Å². The van der Waals surface area contributed by atoms with E-state index in [1.54, 1.807) is 11.0 Å². The average molecular weight is 279 g/mol. The molecule has 1 aromatic rings. The normalized spacial score (nSPS) is 18.7. The Morgan fingerprint density at radius 3 is 2.65 bits per heavy atom. The van der Waals surface area contributed by atoms with Crippen LogP contribution in [0.2, 0.25) is 0 Å². The number of rotatable bonds is 0. The lowest BCUT2D eigenvalue weighted by atomic mass is 9.89. The Labute approximate surface area is 119 Å². The third kappa shape index (κ3) is 2.79. The molecule has 110 valence electrons. The van der Waals surface area contributed by atoms with Crippen LogP contribution in [0.1, 0.15) is 50.4 Å². The van der Waals surface area contributed by atoms with E-state index in [1.165, 1.54) is 6.07 Å². The van der Waals surface area contributed by atoms with E-state index in [1.807, 2.05) is 34.6 Å². The molecule has 2 rings (SSSR count). The van der Waals surface area contributed by atoms with Gasteiger partial charge in [-0.3, -0.25) is 0 Å². The second-order valence-corrected chi connectivity index (χ2v) is 6.36. The van der Waals surface area contributed by atoms with Crippen LogP contribution < -0.4 is 0 Å². The lowest BCUT2D eigenvalue weighted by molar-refractivity contribution is 0.0157. The van der Waals surface area contributed by atoms with Gasteiger partial charge in [0.25, 0.3) is 0 Å². The zero-order chi connectivity index (χ0) is 15.1. The summed E-state index contributed by atoms with van der Waals surface area (Å²) in [7, 11) is 0. The van der Waals surface area contributed by atoms with Gasteiger partial charge in [0.05, 0.1) is 6.04 Å². The summed E-state index contributed by atoms with van der Waals surface area (Å²) in [5.41, 5.74) is 2.15. The number of carbonyl (C=O) groups excluding carboxylic acids is 1. The maximum Gasteiger partial charge on any atom is 0.410 e. The Morgan fingerprint density at radius 2 is 2.05 bits per heavy atom. The Bertz CT molecular complexity index is 534. The highest BCUT2D eigenvalue weighted by atomic mass is 19.1. The number of ether oxygens (including phenoxy) is 1. The first-order valence-corrected chi connectivity index (χ1v) is 6.98. The van der Waals surface area contributed by atoms with Crippen molar-refractivity contribution in [1.82, 2.24) is 4.90 Å². The summed E-state index contributed by atoms with van der Waals surface area (Å²) < 4.78 is 19.3. The third-order valence-electron chi connectivity index (χ3n) is 3.63. The molecular weight excluding hydrogens is 257 g/mol. The fourth-order valence-corrected chi connectivity index (χ4v) is 2.74. The van der Waals surface area contributed by atoms with Crippen LogP contribution in [-0.4, -0.2) is 23.1 Å². The minimum Gasteiger partial charge on any atom is -0.444 e. The van der Waals surface area contributed by atoms with Crippen molar-refractivity contribution in [2.24, 2.45) is 0 Å². The second kappa shape index (κ2) is 5.08. The van der Waals surface area contributed by atoms with E-state index in [0.717, 1.165) is 16.7 Å². The van der Waals surface area contributed by atoms with E-state index in [2.05, 4.69) is 0 Å². The summed E-state index contributed by atoms with van der Waals surface area (Å²) in [5, 5.41) is 0. The summed E-state index contributed by atoms with van der Waals surface area (Å²) in [6.45, 7) is 9.90. The van der Waals surface area contributed by atoms with E-state index in [0.29, 0.717) is 13.0 Å². The van der Waals surface area contributed by atoms with E-state index in [-0.39, 0.29) is 18.0 Å². The number of halogens is 1. The van der Waals surface area contributed by atoms with Gasteiger partial charge in [0.15, 0.2) is 0 Å². The Hall–Kier alpha value is -1.58. The summed E-state index contributed by atoms with van der Waals surface area (Å²) in [4.78, 5) is 13.9. The van der Waals surface area contributed by atoms with Gasteiger partial charge in [-0.15, -0.1) is 0 Å². The van der Waals surface area contributed by atoms with Gasteiger partial charge in [-0.2, -0.15) is 0 Å². The highest BCUT2D eigenvalue weighted by Gasteiger charge is 2.32. The standard InChI is InChI=1S/C16H22FNO2/c1-10-6-7-13(17)12-8-9-18(11(2)14(10)12)15(19)20-16(3,4)5/h6-7,11H,8-9H2,1-5H3/t11-/m1/s1. The SMILES string of the molecule is Cc1ccc(F)c2c1[C@@H](C)N(C(=O)OC(C)(C)C)CC2. The molecule has 0 radical (unpaired) electrons. The molecule has 1 aliphatic rings. The monoisotopic (exact) mass is 279 g/mol. The molecule has 0 N–H and O–H groups in total. The molecule has 20 heavy (non-hydrogen) atoms. The van der Waals surface area contributed by atoms with Gasteiger partial charge in [-0.05, 0) is 63.8 Å². The molecule has 0 aromatic heterocycles. The number of carbonyl (C=O) groups is 1. The molecule has 1 heterocycles. The average Bonchev–Trinajstić information content (AvgIpc) is 2.31. The minimum atomic E-state index is -0.520. The molecule has 1 amide bonds. The zero-order valence-corrected chi connectivity index (χ0v) is 12.8. The van der Waals surface area contributed by atoms with Crippen LogP contribution in [0.3, 0.4) is 0 Å². The first-order valence-electron chi connectivity index (χ1n) is 6.98. The zero-order valence-electron chi connectivity index (χ0n) is 12.8. The minimum absolute atomic E-state index is 0.163. The number of nitrogens with zero attached hydrogens (tertiary/aromatic N) is 1. The second-order valence-electron chi connectivity index (χ2n) is 6.36. The molecule has 3 nitrogen and oxygen atoms in total. The topological polar surface area (TPSA) is 29.5 Å². The smallest absolute Gasteiger partial charge is 0.410 e. The largest absolute Gasteiger partial charge is 0.444 e. The lowest BCUT2D eigenvalue weighted by Gasteiger charge is -2.37. The van der Waals surface area contributed by atoms with Gasteiger partial charge in [0, 0.05) is 6.54 Å².